The average molecular weight is 196 g/mol. The van der Waals surface area contributed by atoms with Crippen molar-refractivity contribution in [3.8, 4) is 0 Å². The number of nitrogens with zero attached hydrogens (tertiary/aromatic N) is 1. The van der Waals surface area contributed by atoms with E-state index >= 15 is 0 Å². The van der Waals surface area contributed by atoms with E-state index in [2.05, 4.69) is 17.1 Å². The first-order valence-corrected chi connectivity index (χ1v) is 6.37. The molecule has 1 aliphatic carbocycles. The minimum absolute atomic E-state index is 0.776. The molecule has 1 unspecified atom stereocenters. The molecule has 82 valence electrons. The van der Waals surface area contributed by atoms with Gasteiger partial charge in [0.05, 0.1) is 0 Å². The Morgan fingerprint density at radius 3 is 2.71 bits per heavy atom. The molecular formula is C12H24N2. The summed E-state index contributed by atoms with van der Waals surface area (Å²) in [5.74, 6) is 0. The highest BCUT2D eigenvalue weighted by atomic mass is 15.2. The smallest absolute Gasteiger partial charge is 0.0195 e. The molecule has 1 saturated heterocycles. The second-order valence-corrected chi connectivity index (χ2v) is 4.82. The molecule has 1 aliphatic heterocycles. The van der Waals surface area contributed by atoms with E-state index in [0.717, 1.165) is 12.1 Å². The van der Waals surface area contributed by atoms with Crippen molar-refractivity contribution in [1.29, 1.82) is 0 Å². The number of hydrogen-bond donors (Lipinski definition) is 1. The lowest BCUT2D eigenvalue weighted by Gasteiger charge is -2.26. The van der Waals surface area contributed by atoms with Gasteiger partial charge in [0.15, 0.2) is 0 Å². The van der Waals surface area contributed by atoms with Gasteiger partial charge in [0.25, 0.3) is 0 Å². The van der Waals surface area contributed by atoms with Crippen molar-refractivity contribution < 1.29 is 0 Å². The van der Waals surface area contributed by atoms with Crippen molar-refractivity contribution in [3.05, 3.63) is 0 Å². The Morgan fingerprint density at radius 2 is 2.00 bits per heavy atom. The van der Waals surface area contributed by atoms with Crippen LogP contribution in [0.2, 0.25) is 0 Å². The van der Waals surface area contributed by atoms with Crippen LogP contribution in [-0.4, -0.2) is 36.6 Å². The molecule has 0 bridgehead atoms. The molecular weight excluding hydrogens is 172 g/mol. The summed E-state index contributed by atoms with van der Waals surface area (Å²) < 4.78 is 0. The molecule has 0 aromatic heterocycles. The minimum atomic E-state index is 0.776. The van der Waals surface area contributed by atoms with Gasteiger partial charge in [-0.25, -0.2) is 0 Å². The average Bonchev–Trinajstić information content (AvgIpc) is 3.01. The molecule has 0 spiro atoms. The molecule has 2 rings (SSSR count). The molecule has 0 aromatic rings. The van der Waals surface area contributed by atoms with E-state index in [-0.39, 0.29) is 0 Å². The van der Waals surface area contributed by atoms with Crippen LogP contribution < -0.4 is 5.32 Å². The Balaban J connectivity index is 1.75. The Labute approximate surface area is 88.1 Å². The van der Waals surface area contributed by atoms with Gasteiger partial charge in [0.1, 0.15) is 0 Å². The van der Waals surface area contributed by atoms with Crippen LogP contribution in [0, 0.1) is 0 Å². The van der Waals surface area contributed by atoms with Crippen molar-refractivity contribution >= 4 is 0 Å². The standard InChI is InChI=1S/C12H24N2/c1-2-14(12-7-8-12)10-11-6-4-3-5-9-13-11/h11-13H,2-10H2,1H3. The van der Waals surface area contributed by atoms with Gasteiger partial charge >= 0.3 is 0 Å². The number of likely N-dealkylation sites (N-methyl/N-ethyl adjacent to an activating group) is 1. The van der Waals surface area contributed by atoms with Crippen molar-refractivity contribution in [1.82, 2.24) is 10.2 Å². The summed E-state index contributed by atoms with van der Waals surface area (Å²) in [6.45, 7) is 6.08. The SMILES string of the molecule is CCN(CC1CCCCCN1)C1CC1. The van der Waals surface area contributed by atoms with Gasteiger partial charge in [0.2, 0.25) is 0 Å². The summed E-state index contributed by atoms with van der Waals surface area (Å²) >= 11 is 0. The topological polar surface area (TPSA) is 15.3 Å². The second-order valence-electron chi connectivity index (χ2n) is 4.82. The highest BCUT2D eigenvalue weighted by molar-refractivity contribution is 4.86. The van der Waals surface area contributed by atoms with Crippen LogP contribution in [0.5, 0.6) is 0 Å². The molecule has 2 nitrogen and oxygen atoms in total. The molecule has 1 heterocycles. The van der Waals surface area contributed by atoms with Crippen molar-refractivity contribution in [2.45, 2.75) is 57.5 Å². The molecule has 2 aliphatic rings. The Kier molecular flexibility index (Phi) is 3.82. The number of hydrogen-bond acceptors (Lipinski definition) is 2. The van der Waals surface area contributed by atoms with Gasteiger partial charge in [-0.2, -0.15) is 0 Å². The molecule has 14 heavy (non-hydrogen) atoms. The fourth-order valence-corrected chi connectivity index (χ4v) is 2.52. The van der Waals surface area contributed by atoms with Crippen molar-refractivity contribution in [3.63, 3.8) is 0 Å². The van der Waals surface area contributed by atoms with Gasteiger partial charge < -0.3 is 5.32 Å². The predicted octanol–water partition coefficient (Wildman–Crippen LogP) is 2.00. The fourth-order valence-electron chi connectivity index (χ4n) is 2.52. The Bertz CT molecular complexity index is 158. The van der Waals surface area contributed by atoms with E-state index in [0.29, 0.717) is 0 Å². The summed E-state index contributed by atoms with van der Waals surface area (Å²) in [6.07, 6.45) is 8.52. The fraction of sp³-hybridized carbons (Fsp3) is 1.00. The lowest BCUT2D eigenvalue weighted by Crippen LogP contribution is -2.41. The molecule has 2 heteroatoms. The third-order valence-electron chi connectivity index (χ3n) is 3.59. The lowest BCUT2D eigenvalue weighted by molar-refractivity contribution is 0.241. The van der Waals surface area contributed by atoms with Crippen LogP contribution in [0.4, 0.5) is 0 Å². The van der Waals surface area contributed by atoms with Crippen LogP contribution in [0.1, 0.15) is 45.4 Å². The van der Waals surface area contributed by atoms with E-state index in [1.165, 1.54) is 58.2 Å². The first kappa shape index (κ1) is 10.4. The van der Waals surface area contributed by atoms with Gasteiger partial charge in [-0.15, -0.1) is 0 Å². The number of nitrogens with one attached hydrogen (secondary N) is 1. The zero-order valence-electron chi connectivity index (χ0n) is 9.47. The second kappa shape index (κ2) is 5.13. The minimum Gasteiger partial charge on any atom is -0.313 e. The lowest BCUT2D eigenvalue weighted by atomic mass is 10.1. The monoisotopic (exact) mass is 196 g/mol. The molecule has 0 amide bonds. The van der Waals surface area contributed by atoms with Crippen LogP contribution in [0.15, 0.2) is 0 Å². The molecule has 1 atom stereocenters. The van der Waals surface area contributed by atoms with Gasteiger partial charge in [-0.1, -0.05) is 19.8 Å². The predicted molar refractivity (Wildman–Crippen MR) is 60.5 cm³/mol. The zero-order chi connectivity index (χ0) is 9.80. The molecule has 2 fully saturated rings. The van der Waals surface area contributed by atoms with E-state index in [1.807, 2.05) is 0 Å². The third-order valence-corrected chi connectivity index (χ3v) is 3.59. The maximum Gasteiger partial charge on any atom is 0.0195 e. The highest BCUT2D eigenvalue weighted by Gasteiger charge is 2.29. The van der Waals surface area contributed by atoms with E-state index < -0.39 is 0 Å². The van der Waals surface area contributed by atoms with Crippen molar-refractivity contribution in [2.24, 2.45) is 0 Å². The largest absolute Gasteiger partial charge is 0.313 e. The summed E-state index contributed by atoms with van der Waals surface area (Å²) in [5, 5.41) is 3.69. The zero-order valence-corrected chi connectivity index (χ0v) is 9.47. The Morgan fingerprint density at radius 1 is 1.14 bits per heavy atom. The van der Waals surface area contributed by atoms with Crippen LogP contribution >= 0.6 is 0 Å². The molecule has 1 saturated carbocycles. The molecule has 1 N–H and O–H groups in total. The van der Waals surface area contributed by atoms with Crippen molar-refractivity contribution in [2.75, 3.05) is 19.6 Å². The summed E-state index contributed by atoms with van der Waals surface area (Å²) in [7, 11) is 0. The van der Waals surface area contributed by atoms with Gasteiger partial charge in [-0.3, -0.25) is 4.90 Å². The first-order valence-electron chi connectivity index (χ1n) is 6.37. The number of rotatable bonds is 4. The maximum atomic E-state index is 3.69. The highest BCUT2D eigenvalue weighted by Crippen LogP contribution is 2.27. The Hall–Kier alpha value is -0.0800. The van der Waals surface area contributed by atoms with E-state index in [1.54, 1.807) is 0 Å². The van der Waals surface area contributed by atoms with Crippen LogP contribution in [0.25, 0.3) is 0 Å². The first-order chi connectivity index (χ1) is 6.90. The van der Waals surface area contributed by atoms with Crippen LogP contribution in [0.3, 0.4) is 0 Å². The summed E-state index contributed by atoms with van der Waals surface area (Å²) in [4.78, 5) is 2.67. The van der Waals surface area contributed by atoms with Gasteiger partial charge in [0, 0.05) is 18.6 Å². The quantitative estimate of drug-likeness (QED) is 0.740. The van der Waals surface area contributed by atoms with E-state index in [9.17, 15) is 0 Å². The van der Waals surface area contributed by atoms with Gasteiger partial charge in [-0.05, 0) is 38.8 Å². The normalized spacial score (nSPS) is 29.1. The molecule has 0 radical (unpaired) electrons. The molecule has 0 aromatic carbocycles. The summed E-state index contributed by atoms with van der Waals surface area (Å²) in [6, 6.07) is 1.71. The maximum absolute atomic E-state index is 3.69. The third kappa shape index (κ3) is 2.96. The van der Waals surface area contributed by atoms with E-state index in [4.69, 9.17) is 0 Å². The summed E-state index contributed by atoms with van der Waals surface area (Å²) in [5.41, 5.74) is 0. The van der Waals surface area contributed by atoms with Crippen LogP contribution in [-0.2, 0) is 0 Å².